The van der Waals surface area contributed by atoms with E-state index in [0.29, 0.717) is 28.2 Å². The lowest BCUT2D eigenvalue weighted by molar-refractivity contribution is 0.0963. The highest BCUT2D eigenvalue weighted by Gasteiger charge is 2.40. The Kier molecular flexibility index (Phi) is 3.76. The fraction of sp³-hybridized carbons (Fsp3) is 0.467. The number of benzene rings is 1. The van der Waals surface area contributed by atoms with Crippen molar-refractivity contribution in [3.8, 4) is 0 Å². The Balaban J connectivity index is 1.73. The SMILES string of the molecule is CNC(=O)c1cc(NC(=O)N2C[C@H]3CC[C@H]2C3)ccc1Cl. The maximum absolute atomic E-state index is 12.3. The smallest absolute Gasteiger partial charge is 0.322 e. The molecule has 1 saturated carbocycles. The third-order valence-electron chi connectivity index (χ3n) is 4.36. The molecule has 0 spiro atoms. The molecule has 2 N–H and O–H groups in total. The van der Waals surface area contributed by atoms with Gasteiger partial charge in [-0.15, -0.1) is 0 Å². The van der Waals surface area contributed by atoms with Crippen molar-refractivity contribution in [3.05, 3.63) is 28.8 Å². The lowest BCUT2D eigenvalue weighted by Gasteiger charge is -2.27. The molecule has 2 aliphatic rings. The van der Waals surface area contributed by atoms with E-state index in [1.54, 1.807) is 25.2 Å². The molecule has 2 fully saturated rings. The average Bonchev–Trinajstić information content (AvgIpc) is 3.11. The number of carbonyl (C=O) groups is 2. The highest BCUT2D eigenvalue weighted by atomic mass is 35.5. The van der Waals surface area contributed by atoms with E-state index >= 15 is 0 Å². The van der Waals surface area contributed by atoms with Crippen LogP contribution in [0.5, 0.6) is 0 Å². The topological polar surface area (TPSA) is 61.4 Å². The molecule has 21 heavy (non-hydrogen) atoms. The lowest BCUT2D eigenvalue weighted by Crippen LogP contribution is -2.40. The summed E-state index contributed by atoms with van der Waals surface area (Å²) < 4.78 is 0. The standard InChI is InChI=1S/C15H18ClN3O2/c1-17-14(20)12-7-10(3-5-13(12)16)18-15(21)19-8-9-2-4-11(19)6-9/h3,5,7,9,11H,2,4,6,8H2,1H3,(H,17,20)(H,18,21)/t9-,11-/m0/s1. The number of fused-ring (bicyclic) bond motifs is 2. The number of hydrogen-bond donors (Lipinski definition) is 2. The molecule has 3 rings (SSSR count). The molecule has 2 atom stereocenters. The van der Waals surface area contributed by atoms with Gasteiger partial charge in [0.15, 0.2) is 0 Å². The van der Waals surface area contributed by atoms with Crippen molar-refractivity contribution in [2.75, 3.05) is 18.9 Å². The second kappa shape index (κ2) is 5.56. The second-order valence-electron chi connectivity index (χ2n) is 5.69. The number of likely N-dealkylation sites (tertiary alicyclic amines) is 1. The minimum Gasteiger partial charge on any atom is -0.355 e. The van der Waals surface area contributed by atoms with Crippen molar-refractivity contribution in [2.24, 2.45) is 5.92 Å². The van der Waals surface area contributed by atoms with Gasteiger partial charge in [0.05, 0.1) is 10.6 Å². The Morgan fingerprint density at radius 3 is 2.76 bits per heavy atom. The summed E-state index contributed by atoms with van der Waals surface area (Å²) in [6, 6.07) is 5.22. The third-order valence-corrected chi connectivity index (χ3v) is 4.69. The van der Waals surface area contributed by atoms with Gasteiger partial charge in [-0.25, -0.2) is 4.79 Å². The minimum absolute atomic E-state index is 0.0904. The number of anilines is 1. The highest BCUT2D eigenvalue weighted by molar-refractivity contribution is 6.34. The van der Waals surface area contributed by atoms with E-state index in [-0.39, 0.29) is 11.9 Å². The van der Waals surface area contributed by atoms with Crippen LogP contribution in [0, 0.1) is 5.92 Å². The van der Waals surface area contributed by atoms with Gasteiger partial charge in [0.25, 0.3) is 5.91 Å². The number of piperidine rings is 1. The largest absolute Gasteiger partial charge is 0.355 e. The minimum atomic E-state index is -0.267. The lowest BCUT2D eigenvalue weighted by atomic mass is 10.1. The van der Waals surface area contributed by atoms with E-state index < -0.39 is 0 Å². The fourth-order valence-corrected chi connectivity index (χ4v) is 3.48. The number of amides is 3. The predicted octanol–water partition coefficient (Wildman–Crippen LogP) is 2.72. The second-order valence-corrected chi connectivity index (χ2v) is 6.10. The van der Waals surface area contributed by atoms with Crippen molar-refractivity contribution >= 4 is 29.2 Å². The highest BCUT2D eigenvalue weighted by Crippen LogP contribution is 2.37. The van der Waals surface area contributed by atoms with Crippen molar-refractivity contribution < 1.29 is 9.59 Å². The summed E-state index contributed by atoms with van der Waals surface area (Å²) in [5.74, 6) is 0.392. The van der Waals surface area contributed by atoms with E-state index in [2.05, 4.69) is 10.6 Å². The van der Waals surface area contributed by atoms with Crippen LogP contribution in [0.25, 0.3) is 0 Å². The van der Waals surface area contributed by atoms with Gasteiger partial charge in [0.1, 0.15) is 0 Å². The van der Waals surface area contributed by atoms with Crippen LogP contribution in [0.1, 0.15) is 29.6 Å². The molecule has 1 heterocycles. The maximum atomic E-state index is 12.3. The molecule has 5 nitrogen and oxygen atoms in total. The van der Waals surface area contributed by atoms with Gasteiger partial charge in [-0.3, -0.25) is 4.79 Å². The van der Waals surface area contributed by atoms with Crippen LogP contribution >= 0.6 is 11.6 Å². The Morgan fingerprint density at radius 1 is 1.33 bits per heavy atom. The van der Waals surface area contributed by atoms with Gasteiger partial charge in [-0.2, -0.15) is 0 Å². The molecule has 6 heteroatoms. The molecule has 1 aromatic carbocycles. The van der Waals surface area contributed by atoms with Crippen LogP contribution in [-0.4, -0.2) is 36.5 Å². The molecular weight excluding hydrogens is 290 g/mol. The first-order valence-electron chi connectivity index (χ1n) is 7.17. The Bertz CT molecular complexity index is 590. The Labute approximate surface area is 128 Å². The van der Waals surface area contributed by atoms with Crippen molar-refractivity contribution in [1.29, 1.82) is 0 Å². The van der Waals surface area contributed by atoms with Gasteiger partial charge in [-0.1, -0.05) is 11.6 Å². The van der Waals surface area contributed by atoms with E-state index in [1.165, 1.54) is 6.42 Å². The number of hydrogen-bond acceptors (Lipinski definition) is 2. The quantitative estimate of drug-likeness (QED) is 0.882. The molecule has 1 aliphatic carbocycles. The molecule has 0 radical (unpaired) electrons. The fourth-order valence-electron chi connectivity index (χ4n) is 3.28. The van der Waals surface area contributed by atoms with Crippen LogP contribution < -0.4 is 10.6 Å². The third kappa shape index (κ3) is 2.70. The Hall–Kier alpha value is -1.75. The van der Waals surface area contributed by atoms with Crippen molar-refractivity contribution in [1.82, 2.24) is 10.2 Å². The monoisotopic (exact) mass is 307 g/mol. The summed E-state index contributed by atoms with van der Waals surface area (Å²) in [5, 5.41) is 5.76. The molecule has 112 valence electrons. The summed E-state index contributed by atoms with van der Waals surface area (Å²) in [7, 11) is 1.55. The first-order chi connectivity index (χ1) is 10.1. The molecular formula is C15H18ClN3O2. The number of halogens is 1. The summed E-state index contributed by atoms with van der Waals surface area (Å²) in [5.41, 5.74) is 0.950. The number of urea groups is 1. The molecule has 3 amide bonds. The van der Waals surface area contributed by atoms with Crippen LogP contribution in [0.15, 0.2) is 18.2 Å². The van der Waals surface area contributed by atoms with Gasteiger partial charge in [0, 0.05) is 25.3 Å². The molecule has 0 unspecified atom stereocenters. The van der Waals surface area contributed by atoms with Crippen LogP contribution in [0.3, 0.4) is 0 Å². The number of carbonyl (C=O) groups excluding carboxylic acids is 2. The number of nitrogens with zero attached hydrogens (tertiary/aromatic N) is 1. The molecule has 0 aromatic heterocycles. The first-order valence-corrected chi connectivity index (χ1v) is 7.55. The van der Waals surface area contributed by atoms with E-state index in [9.17, 15) is 9.59 Å². The first kappa shape index (κ1) is 14.2. The zero-order valence-electron chi connectivity index (χ0n) is 11.9. The van der Waals surface area contributed by atoms with Crippen molar-refractivity contribution in [3.63, 3.8) is 0 Å². The van der Waals surface area contributed by atoms with Gasteiger partial charge in [0.2, 0.25) is 0 Å². The summed E-state index contributed by atoms with van der Waals surface area (Å²) in [4.78, 5) is 25.9. The number of rotatable bonds is 2. The zero-order chi connectivity index (χ0) is 15.0. The van der Waals surface area contributed by atoms with Crippen molar-refractivity contribution in [2.45, 2.75) is 25.3 Å². The number of nitrogens with one attached hydrogen (secondary N) is 2. The normalized spacial score (nSPS) is 23.2. The zero-order valence-corrected chi connectivity index (χ0v) is 12.6. The summed E-state index contributed by atoms with van der Waals surface area (Å²) in [6.45, 7) is 0.840. The van der Waals surface area contributed by atoms with Gasteiger partial charge >= 0.3 is 6.03 Å². The molecule has 2 bridgehead atoms. The van der Waals surface area contributed by atoms with E-state index in [4.69, 9.17) is 11.6 Å². The van der Waals surface area contributed by atoms with E-state index in [1.807, 2.05) is 4.90 Å². The Morgan fingerprint density at radius 2 is 2.14 bits per heavy atom. The van der Waals surface area contributed by atoms with Crippen LogP contribution in [0.4, 0.5) is 10.5 Å². The van der Waals surface area contributed by atoms with Crippen LogP contribution in [-0.2, 0) is 0 Å². The van der Waals surface area contributed by atoms with Gasteiger partial charge < -0.3 is 15.5 Å². The maximum Gasteiger partial charge on any atom is 0.322 e. The molecule has 1 aromatic rings. The average molecular weight is 308 g/mol. The summed E-state index contributed by atoms with van der Waals surface area (Å²) >= 11 is 6.00. The molecule has 1 aliphatic heterocycles. The molecule has 1 saturated heterocycles. The summed E-state index contributed by atoms with van der Waals surface area (Å²) in [6.07, 6.45) is 3.45. The van der Waals surface area contributed by atoms with E-state index in [0.717, 1.165) is 19.4 Å². The van der Waals surface area contributed by atoms with Gasteiger partial charge in [-0.05, 0) is 43.4 Å². The van der Waals surface area contributed by atoms with Crippen LogP contribution in [0.2, 0.25) is 5.02 Å². The predicted molar refractivity (Wildman–Crippen MR) is 81.7 cm³/mol.